The molecular weight excluding hydrogens is 593 g/mol. The van der Waals surface area contributed by atoms with Crippen LogP contribution in [0.2, 0.25) is 0 Å². The van der Waals surface area contributed by atoms with Crippen LogP contribution in [-0.2, 0) is 20.7 Å². The van der Waals surface area contributed by atoms with E-state index in [1.165, 1.54) is 81.3 Å². The van der Waals surface area contributed by atoms with Crippen molar-refractivity contribution in [1.82, 2.24) is 0 Å². The number of ketones is 1. The molecule has 0 fully saturated rings. The van der Waals surface area contributed by atoms with Gasteiger partial charge < -0.3 is 9.47 Å². The molecule has 0 N–H and O–H groups in total. The van der Waals surface area contributed by atoms with Crippen molar-refractivity contribution in [3.8, 4) is 0 Å². The summed E-state index contributed by atoms with van der Waals surface area (Å²) in [5.74, 6) is 3.19. The average Bonchev–Trinajstić information content (AvgIpc) is 3.07. The Morgan fingerprint density at radius 3 is 1.36 bits per heavy atom. The Morgan fingerprint density at radius 1 is 0.556 bits per heavy atom. The number of carbonyl (C=O) groups excluding carboxylic acids is 1. The number of benzene rings is 1. The Hall–Kier alpha value is -0.490. The maximum absolute atomic E-state index is 11.7. The van der Waals surface area contributed by atoms with E-state index >= 15 is 0 Å². The zero-order valence-electron chi connectivity index (χ0n) is 32.1. The molecule has 0 heterocycles. The van der Waals surface area contributed by atoms with Gasteiger partial charge in [-0.25, -0.2) is 0 Å². The minimum Gasteiger partial charge on any atom is -0.379 e. The second-order valence-corrected chi connectivity index (χ2v) is 14.1. The average molecular weight is 673 g/mol. The summed E-state index contributed by atoms with van der Waals surface area (Å²) in [7, 11) is 3.99. The first kappa shape index (κ1) is 51.3. The molecule has 0 bridgehead atoms. The summed E-state index contributed by atoms with van der Waals surface area (Å²) in [6, 6.07) is 10.2. The van der Waals surface area contributed by atoms with Crippen LogP contribution in [-0.4, -0.2) is 43.7 Å². The van der Waals surface area contributed by atoms with E-state index in [-0.39, 0.29) is 5.92 Å². The van der Waals surface area contributed by atoms with Gasteiger partial charge in [0.2, 0.25) is 0 Å². The highest BCUT2D eigenvalue weighted by atomic mass is 33.1. The van der Waals surface area contributed by atoms with Crippen molar-refractivity contribution < 1.29 is 14.3 Å². The summed E-state index contributed by atoms with van der Waals surface area (Å²) in [5.41, 5.74) is 1.26. The number of carbonyl (C=O) groups is 1. The lowest BCUT2D eigenvalue weighted by atomic mass is 9.94. The first-order valence-electron chi connectivity index (χ1n) is 18.9. The summed E-state index contributed by atoms with van der Waals surface area (Å²) >= 11 is 0. The number of unbranched alkanes of at least 4 members (excludes halogenated alkanes) is 7. The summed E-state index contributed by atoms with van der Waals surface area (Å²) in [6.07, 6.45) is 19.7. The van der Waals surface area contributed by atoms with E-state index < -0.39 is 0 Å². The van der Waals surface area contributed by atoms with Crippen molar-refractivity contribution >= 4 is 27.4 Å². The lowest BCUT2D eigenvalue weighted by Crippen LogP contribution is -2.13. The molecule has 0 saturated carbocycles. The van der Waals surface area contributed by atoms with Crippen molar-refractivity contribution in [2.75, 3.05) is 37.9 Å². The Morgan fingerprint density at radius 2 is 1.00 bits per heavy atom. The predicted molar refractivity (Wildman–Crippen MR) is 211 cm³/mol. The topological polar surface area (TPSA) is 35.5 Å². The molecule has 3 nitrogen and oxygen atoms in total. The highest BCUT2D eigenvalue weighted by Gasteiger charge is 2.12. The lowest BCUT2D eigenvalue weighted by molar-refractivity contribution is -0.122. The third-order valence-electron chi connectivity index (χ3n) is 6.40. The molecule has 0 aliphatic heterocycles. The molecule has 0 aliphatic carbocycles. The van der Waals surface area contributed by atoms with E-state index in [2.05, 4.69) is 74.4 Å². The summed E-state index contributed by atoms with van der Waals surface area (Å²) in [4.78, 5) is 11.7. The van der Waals surface area contributed by atoms with Crippen LogP contribution in [0, 0.1) is 5.92 Å². The van der Waals surface area contributed by atoms with Crippen molar-refractivity contribution in [3.63, 3.8) is 0 Å². The van der Waals surface area contributed by atoms with E-state index in [9.17, 15) is 4.79 Å². The van der Waals surface area contributed by atoms with Crippen molar-refractivity contribution in [2.45, 2.75) is 172 Å². The Bertz CT molecular complexity index is 579. The maximum atomic E-state index is 11.7. The van der Waals surface area contributed by atoms with Crippen LogP contribution in [0.4, 0.5) is 0 Å². The zero-order valence-corrected chi connectivity index (χ0v) is 33.7. The van der Waals surface area contributed by atoms with Crippen LogP contribution in [0.25, 0.3) is 0 Å². The van der Waals surface area contributed by atoms with Gasteiger partial charge in [0, 0.05) is 37.1 Å². The van der Waals surface area contributed by atoms with Crippen molar-refractivity contribution in [2.24, 2.45) is 5.92 Å². The molecule has 0 spiro atoms. The van der Waals surface area contributed by atoms with Crippen molar-refractivity contribution in [1.29, 1.82) is 0 Å². The Balaban J connectivity index is -0.000000248. The summed E-state index contributed by atoms with van der Waals surface area (Å²) in [5, 5.41) is 0. The lowest BCUT2D eigenvalue weighted by Gasteiger charge is -2.09. The predicted octanol–water partition coefficient (Wildman–Crippen LogP) is 13.8. The summed E-state index contributed by atoms with van der Waals surface area (Å²) in [6.45, 7) is 24.9. The summed E-state index contributed by atoms with van der Waals surface area (Å²) < 4.78 is 10.4. The van der Waals surface area contributed by atoms with Crippen LogP contribution in [0.15, 0.2) is 30.3 Å². The Labute approximate surface area is 292 Å². The quantitative estimate of drug-likeness (QED) is 0.0806. The van der Waals surface area contributed by atoms with Crippen LogP contribution in [0.3, 0.4) is 0 Å². The molecule has 270 valence electrons. The fourth-order valence-corrected chi connectivity index (χ4v) is 5.70. The van der Waals surface area contributed by atoms with Crippen molar-refractivity contribution in [3.05, 3.63) is 35.9 Å². The monoisotopic (exact) mass is 673 g/mol. The second kappa shape index (κ2) is 50.4. The zero-order chi connectivity index (χ0) is 34.7. The van der Waals surface area contributed by atoms with E-state index in [0.29, 0.717) is 5.78 Å². The molecule has 1 rings (SSSR count). The number of rotatable bonds is 24. The molecule has 1 aromatic carbocycles. The Kier molecular flexibility index (Phi) is 57.5. The van der Waals surface area contributed by atoms with E-state index in [1.807, 2.05) is 46.7 Å². The standard InChI is InChI=1S/C14H20O.C8H18O2.C8H18.C6H14S2.C4H10/c1-3-4-10-14(15)12(2)11-13-8-6-5-7-9-13;1-3-5-9-7-8-10-6-4-2;2*1-3-5-7-8-6-4-2;1-3-4-2/h5-9,12H,3-4,10-11H2,1-2H3;3-8H2,1-2H3;3-8H2,1-2H3;3-6H2,1-2H3;3-4H2,1-2H3/t12-;;;;/m1..../s1. The fourth-order valence-electron chi connectivity index (χ4n) is 3.43. The van der Waals surface area contributed by atoms with Gasteiger partial charge in [-0.2, -0.15) is 0 Å². The molecule has 0 saturated heterocycles. The second-order valence-electron chi connectivity index (χ2n) is 11.4. The fraction of sp³-hybridized carbons (Fsp3) is 0.825. The van der Waals surface area contributed by atoms with Gasteiger partial charge in [0.05, 0.1) is 13.2 Å². The molecule has 0 unspecified atom stereocenters. The highest BCUT2D eigenvalue weighted by molar-refractivity contribution is 8.76. The van der Waals surface area contributed by atoms with Gasteiger partial charge in [0.15, 0.2) is 0 Å². The van der Waals surface area contributed by atoms with E-state index in [4.69, 9.17) is 9.47 Å². The molecule has 1 aromatic rings. The maximum Gasteiger partial charge on any atom is 0.136 e. The number of hydrogen-bond donors (Lipinski definition) is 0. The van der Waals surface area contributed by atoms with Gasteiger partial charge in [-0.05, 0) is 44.1 Å². The van der Waals surface area contributed by atoms with Gasteiger partial charge in [0.1, 0.15) is 5.78 Å². The molecular formula is C40H80O3S2. The van der Waals surface area contributed by atoms with Gasteiger partial charge in [0.25, 0.3) is 0 Å². The third kappa shape index (κ3) is 53.3. The van der Waals surface area contributed by atoms with E-state index in [0.717, 1.165) is 65.0 Å². The van der Waals surface area contributed by atoms with Gasteiger partial charge in [-0.1, -0.05) is 179 Å². The smallest absolute Gasteiger partial charge is 0.136 e. The SMILES string of the molecule is CCCC.CCCCC(=O)[C@H](C)Cc1ccccc1.CCCCCCCC.CCCOCCOCCC.CCCSSCCC. The molecule has 1 atom stereocenters. The van der Waals surface area contributed by atoms with E-state index in [1.54, 1.807) is 0 Å². The number of ether oxygens (including phenoxy) is 2. The van der Waals surface area contributed by atoms with Crippen LogP contribution < -0.4 is 0 Å². The number of Topliss-reactive ketones (excluding diaryl/α,β-unsaturated/α-hetero) is 1. The molecule has 0 radical (unpaired) electrons. The minimum atomic E-state index is 0.166. The van der Waals surface area contributed by atoms with Gasteiger partial charge >= 0.3 is 0 Å². The van der Waals surface area contributed by atoms with Crippen LogP contribution in [0.1, 0.15) is 171 Å². The normalized spacial score (nSPS) is 10.5. The number of hydrogen-bond acceptors (Lipinski definition) is 5. The molecule has 0 aliphatic rings. The molecule has 45 heavy (non-hydrogen) atoms. The first-order valence-corrected chi connectivity index (χ1v) is 21.3. The van der Waals surface area contributed by atoms with Crippen LogP contribution >= 0.6 is 21.6 Å². The minimum absolute atomic E-state index is 0.166. The molecule has 0 amide bonds. The largest absolute Gasteiger partial charge is 0.379 e. The first-order chi connectivity index (χ1) is 21.9. The van der Waals surface area contributed by atoms with Gasteiger partial charge in [-0.3, -0.25) is 4.79 Å². The molecule has 0 aromatic heterocycles. The molecule has 5 heteroatoms. The third-order valence-corrected chi connectivity index (χ3v) is 9.21. The highest BCUT2D eigenvalue weighted by Crippen LogP contribution is 2.21. The van der Waals surface area contributed by atoms with Gasteiger partial charge in [-0.15, -0.1) is 0 Å². The van der Waals surface area contributed by atoms with Crippen LogP contribution in [0.5, 0.6) is 0 Å².